The molecule has 0 amide bonds. The van der Waals surface area contributed by atoms with Crippen LogP contribution < -0.4 is 0 Å². The number of phosphoric acid groups is 2. The molecule has 0 fully saturated rings. The van der Waals surface area contributed by atoms with E-state index in [2.05, 4.69) is 17.7 Å². The van der Waals surface area contributed by atoms with Crippen LogP contribution in [-0.2, 0) is 40.2 Å². The summed E-state index contributed by atoms with van der Waals surface area (Å²) in [5, 5.41) is 0. The molecule has 0 aromatic rings. The van der Waals surface area contributed by atoms with Crippen LogP contribution >= 0.6 is 30.8 Å². The van der Waals surface area contributed by atoms with Crippen LogP contribution in [-0.4, -0.2) is 35.3 Å². The molecule has 0 aliphatic carbocycles. The Morgan fingerprint density at radius 1 is 0.652 bits per heavy atom. The number of hydrogen-bond donors (Lipinski definition) is 2. The van der Waals surface area contributed by atoms with Crippen molar-refractivity contribution in [3.8, 4) is 0 Å². The van der Waals surface area contributed by atoms with E-state index in [9.17, 15) is 28.0 Å². The van der Waals surface area contributed by atoms with E-state index in [4.69, 9.17) is 4.31 Å². The average molecular weight is 418 g/mol. The molecule has 0 radical (unpaired) electrons. The zero-order valence-corrected chi connectivity index (χ0v) is 17.1. The molecule has 11 nitrogen and oxygen atoms in total. The monoisotopic (exact) mass is 418 g/mol. The first-order valence-corrected chi connectivity index (χ1v) is 12.4. The van der Waals surface area contributed by atoms with E-state index in [1.54, 1.807) is 0 Å². The predicted octanol–water partition coefficient (Wildman–Crippen LogP) is 3.73. The number of hydrogen-bond acceptors (Lipinski definition) is 9. The first-order valence-electron chi connectivity index (χ1n) is 6.23. The Labute approximate surface area is 134 Å². The van der Waals surface area contributed by atoms with Gasteiger partial charge >= 0.3 is 30.8 Å². The molecule has 23 heavy (non-hydrogen) atoms. The SMILES string of the molecule is COP(=O)(O)OP(=O)(OP(=O)(OP(=O)(O)OC)C(C)C)C(C)C. The molecule has 0 spiro atoms. The van der Waals surface area contributed by atoms with E-state index in [1.165, 1.54) is 27.7 Å². The van der Waals surface area contributed by atoms with Crippen LogP contribution in [0.4, 0.5) is 0 Å². The van der Waals surface area contributed by atoms with Crippen molar-refractivity contribution < 1.29 is 50.0 Å². The Morgan fingerprint density at radius 3 is 1.09 bits per heavy atom. The molecule has 0 saturated carbocycles. The molecule has 0 aromatic carbocycles. The van der Waals surface area contributed by atoms with Crippen molar-refractivity contribution in [3.63, 3.8) is 0 Å². The summed E-state index contributed by atoms with van der Waals surface area (Å²) in [5.74, 6) is 0. The van der Waals surface area contributed by atoms with E-state index < -0.39 is 42.2 Å². The molecular weight excluding hydrogens is 396 g/mol. The van der Waals surface area contributed by atoms with E-state index in [1.807, 2.05) is 0 Å². The fourth-order valence-electron chi connectivity index (χ4n) is 0.920. The van der Waals surface area contributed by atoms with Gasteiger partial charge in [0.2, 0.25) is 0 Å². The van der Waals surface area contributed by atoms with Gasteiger partial charge in [0.15, 0.2) is 0 Å². The van der Waals surface area contributed by atoms with Gasteiger partial charge < -0.3 is 9.79 Å². The van der Waals surface area contributed by atoms with E-state index in [0.717, 1.165) is 14.2 Å². The summed E-state index contributed by atoms with van der Waals surface area (Å²) in [4.78, 5) is 18.6. The molecule has 0 aliphatic rings. The minimum Gasteiger partial charge on any atom is -0.302 e. The van der Waals surface area contributed by atoms with Crippen LogP contribution in [0.2, 0.25) is 0 Å². The zero-order chi connectivity index (χ0) is 18.7. The average Bonchev–Trinajstić information content (AvgIpc) is 2.36. The third-order valence-electron chi connectivity index (χ3n) is 2.39. The van der Waals surface area contributed by atoms with E-state index in [-0.39, 0.29) is 0 Å². The van der Waals surface area contributed by atoms with Gasteiger partial charge in [-0.2, -0.15) is 0 Å². The summed E-state index contributed by atoms with van der Waals surface area (Å²) in [6.45, 7) is 5.21. The fourth-order valence-corrected chi connectivity index (χ4v) is 8.82. The van der Waals surface area contributed by atoms with Crippen LogP contribution in [0.15, 0.2) is 0 Å². The van der Waals surface area contributed by atoms with Gasteiger partial charge in [-0.05, 0) is 0 Å². The highest BCUT2D eigenvalue weighted by molar-refractivity contribution is 7.74. The summed E-state index contributed by atoms with van der Waals surface area (Å²) in [6, 6.07) is 0. The van der Waals surface area contributed by atoms with Gasteiger partial charge in [0.05, 0.1) is 11.3 Å². The van der Waals surface area contributed by atoms with Gasteiger partial charge in [0, 0.05) is 14.2 Å². The molecule has 15 heteroatoms. The molecule has 0 bridgehead atoms. The molecule has 0 heterocycles. The normalized spacial score (nSPS) is 23.0. The first kappa shape index (κ1) is 23.6. The second-order valence-electron chi connectivity index (χ2n) is 4.81. The van der Waals surface area contributed by atoms with Crippen molar-refractivity contribution in [3.05, 3.63) is 0 Å². The van der Waals surface area contributed by atoms with Crippen molar-refractivity contribution in [2.45, 2.75) is 39.0 Å². The highest BCUT2D eigenvalue weighted by Crippen LogP contribution is 2.76. The first-order chi connectivity index (χ1) is 10.1. The Bertz CT molecular complexity index is 535. The molecule has 0 aromatic heterocycles. The molecule has 0 aliphatic heterocycles. The van der Waals surface area contributed by atoms with Gasteiger partial charge in [-0.3, -0.25) is 18.2 Å². The quantitative estimate of drug-likeness (QED) is 0.499. The zero-order valence-electron chi connectivity index (χ0n) is 13.5. The molecule has 2 N–H and O–H groups in total. The maximum Gasteiger partial charge on any atom is 0.479 e. The molecule has 4 atom stereocenters. The number of phosphoric ester groups is 2. The Hall–Kier alpha value is 0.640. The Morgan fingerprint density at radius 2 is 0.913 bits per heavy atom. The predicted molar refractivity (Wildman–Crippen MR) is 82.4 cm³/mol. The maximum atomic E-state index is 12.7. The standard InChI is InChI=1S/C8H22O11P4/c1-7(2)20(9,18-22(11,12)15-5)17-21(10,8(3)4)19-23(13,14)16-6/h7-8H,1-6H3,(H,11,12)(H,13,14). The van der Waals surface area contributed by atoms with Crippen LogP contribution in [0, 0.1) is 0 Å². The summed E-state index contributed by atoms with van der Waals surface area (Å²) in [5.41, 5.74) is -2.07. The Balaban J connectivity index is 5.77. The summed E-state index contributed by atoms with van der Waals surface area (Å²) < 4.78 is 70.5. The Kier molecular flexibility index (Phi) is 8.58. The van der Waals surface area contributed by atoms with Crippen molar-refractivity contribution in [2.75, 3.05) is 14.2 Å². The minimum absolute atomic E-state index is 0.830. The number of rotatable bonds is 10. The lowest BCUT2D eigenvalue weighted by Gasteiger charge is -2.29. The van der Waals surface area contributed by atoms with Gasteiger partial charge in [-0.25, -0.2) is 22.1 Å². The van der Waals surface area contributed by atoms with Crippen molar-refractivity contribution in [1.29, 1.82) is 0 Å². The maximum absolute atomic E-state index is 12.7. The lowest BCUT2D eigenvalue weighted by atomic mass is 10.6. The van der Waals surface area contributed by atoms with Gasteiger partial charge in [-0.1, -0.05) is 27.7 Å². The van der Waals surface area contributed by atoms with Gasteiger partial charge in [-0.15, -0.1) is 0 Å². The second kappa shape index (κ2) is 8.35. The molecule has 0 saturated heterocycles. The highest BCUT2D eigenvalue weighted by Gasteiger charge is 2.49. The summed E-state index contributed by atoms with van der Waals surface area (Å²) in [6.07, 6.45) is 0. The summed E-state index contributed by atoms with van der Waals surface area (Å²) in [7, 11) is -16.9. The van der Waals surface area contributed by atoms with Crippen LogP contribution in [0.1, 0.15) is 27.7 Å². The van der Waals surface area contributed by atoms with Crippen molar-refractivity contribution >= 4 is 30.8 Å². The largest absolute Gasteiger partial charge is 0.479 e. The summed E-state index contributed by atoms with van der Waals surface area (Å²) >= 11 is 0. The fraction of sp³-hybridized carbons (Fsp3) is 1.00. The van der Waals surface area contributed by atoms with Gasteiger partial charge in [0.25, 0.3) is 0 Å². The highest BCUT2D eigenvalue weighted by atomic mass is 31.3. The molecular formula is C8H22O11P4. The third kappa shape index (κ3) is 7.18. The second-order valence-corrected chi connectivity index (χ2v) is 13.6. The minimum atomic E-state index is -4.75. The topological polar surface area (TPSA) is 155 Å². The molecule has 4 unspecified atom stereocenters. The van der Waals surface area contributed by atoms with Crippen LogP contribution in [0.3, 0.4) is 0 Å². The van der Waals surface area contributed by atoms with E-state index in [0.29, 0.717) is 0 Å². The van der Waals surface area contributed by atoms with Gasteiger partial charge in [0.1, 0.15) is 0 Å². The van der Waals surface area contributed by atoms with Crippen LogP contribution in [0.25, 0.3) is 0 Å². The molecule has 140 valence electrons. The smallest absolute Gasteiger partial charge is 0.302 e. The lowest BCUT2D eigenvalue weighted by molar-refractivity contribution is 0.216. The third-order valence-corrected chi connectivity index (χ3v) is 11.1. The lowest BCUT2D eigenvalue weighted by Crippen LogP contribution is -2.10. The van der Waals surface area contributed by atoms with E-state index >= 15 is 0 Å². The molecule has 0 rings (SSSR count). The van der Waals surface area contributed by atoms with Crippen molar-refractivity contribution in [1.82, 2.24) is 0 Å². The van der Waals surface area contributed by atoms with Crippen LogP contribution in [0.5, 0.6) is 0 Å². The van der Waals surface area contributed by atoms with Crippen molar-refractivity contribution in [2.24, 2.45) is 0 Å².